The molecule has 3 amide bonds. The van der Waals surface area contributed by atoms with E-state index in [1.54, 1.807) is 6.07 Å². The Morgan fingerprint density at radius 3 is 2.76 bits per heavy atom. The van der Waals surface area contributed by atoms with Gasteiger partial charge in [0.05, 0.1) is 0 Å². The number of rotatable bonds is 2. The minimum Gasteiger partial charge on any atom is -0.326 e. The van der Waals surface area contributed by atoms with Gasteiger partial charge in [0.25, 0.3) is 5.91 Å². The molecule has 2 aliphatic heterocycles. The smallest absolute Gasteiger partial charge is 0.255 e. The average Bonchev–Trinajstić information content (AvgIpc) is 2.75. The number of piperidine rings is 1. The molecular formula is C14H14FN3O3. The van der Waals surface area contributed by atoms with Gasteiger partial charge in [-0.25, -0.2) is 4.39 Å². The zero-order valence-corrected chi connectivity index (χ0v) is 11.2. The third-order valence-corrected chi connectivity index (χ3v) is 3.91. The molecule has 0 aliphatic carbocycles. The summed E-state index contributed by atoms with van der Waals surface area (Å²) < 4.78 is 13.7. The largest absolute Gasteiger partial charge is 0.326 e. The molecular weight excluding hydrogens is 277 g/mol. The predicted molar refractivity (Wildman–Crippen MR) is 70.3 cm³/mol. The third kappa shape index (κ3) is 2.19. The van der Waals surface area contributed by atoms with Crippen LogP contribution in [0, 0.1) is 5.82 Å². The van der Waals surface area contributed by atoms with Gasteiger partial charge >= 0.3 is 0 Å². The number of hydrogen-bond donors (Lipinski definition) is 2. The van der Waals surface area contributed by atoms with Gasteiger partial charge in [-0.05, 0) is 24.1 Å². The summed E-state index contributed by atoms with van der Waals surface area (Å²) in [6, 6.07) is 2.05. The number of nitrogens with one attached hydrogen (secondary N) is 1. The van der Waals surface area contributed by atoms with E-state index < -0.39 is 17.8 Å². The summed E-state index contributed by atoms with van der Waals surface area (Å²) in [4.78, 5) is 36.7. The minimum atomic E-state index is -0.688. The Morgan fingerprint density at radius 1 is 1.33 bits per heavy atom. The number of halogens is 1. The van der Waals surface area contributed by atoms with E-state index in [0.717, 1.165) is 0 Å². The normalized spacial score (nSPS) is 21.5. The van der Waals surface area contributed by atoms with E-state index >= 15 is 0 Å². The third-order valence-electron chi connectivity index (χ3n) is 3.91. The fraction of sp³-hybridized carbons (Fsp3) is 0.357. The molecule has 0 bridgehead atoms. The molecule has 1 aromatic carbocycles. The van der Waals surface area contributed by atoms with Crippen LogP contribution in [0.1, 0.15) is 34.3 Å². The second kappa shape index (κ2) is 4.92. The van der Waals surface area contributed by atoms with Crippen molar-refractivity contribution in [3.63, 3.8) is 0 Å². The number of imide groups is 1. The Labute approximate surface area is 120 Å². The van der Waals surface area contributed by atoms with E-state index in [4.69, 9.17) is 5.73 Å². The fourth-order valence-corrected chi connectivity index (χ4v) is 2.80. The van der Waals surface area contributed by atoms with Crippen LogP contribution in [-0.4, -0.2) is 28.7 Å². The van der Waals surface area contributed by atoms with Gasteiger partial charge in [-0.15, -0.1) is 0 Å². The van der Waals surface area contributed by atoms with Gasteiger partial charge < -0.3 is 10.6 Å². The molecule has 2 aliphatic rings. The van der Waals surface area contributed by atoms with Crippen molar-refractivity contribution in [2.75, 3.05) is 0 Å². The van der Waals surface area contributed by atoms with E-state index in [-0.39, 0.29) is 43.3 Å². The molecule has 0 saturated carbocycles. The summed E-state index contributed by atoms with van der Waals surface area (Å²) in [6.45, 7) is 0.277. The van der Waals surface area contributed by atoms with Crippen molar-refractivity contribution < 1.29 is 18.8 Å². The molecule has 21 heavy (non-hydrogen) atoms. The van der Waals surface area contributed by atoms with Crippen LogP contribution in [0.2, 0.25) is 0 Å². The fourth-order valence-electron chi connectivity index (χ4n) is 2.80. The Morgan fingerprint density at radius 2 is 2.10 bits per heavy atom. The van der Waals surface area contributed by atoms with Gasteiger partial charge in [0, 0.05) is 30.6 Å². The summed E-state index contributed by atoms with van der Waals surface area (Å²) in [5, 5.41) is 2.22. The van der Waals surface area contributed by atoms with Crippen molar-refractivity contribution in [3.8, 4) is 0 Å². The molecule has 0 radical (unpaired) electrons. The van der Waals surface area contributed by atoms with Gasteiger partial charge in [0.15, 0.2) is 0 Å². The van der Waals surface area contributed by atoms with Crippen LogP contribution in [0.15, 0.2) is 12.1 Å². The minimum absolute atomic E-state index is 0.0473. The number of carbonyl (C=O) groups is 3. The summed E-state index contributed by atoms with van der Waals surface area (Å²) in [6.07, 6.45) is 0.482. The number of amides is 3. The van der Waals surface area contributed by atoms with Crippen LogP contribution in [0.25, 0.3) is 0 Å². The lowest BCUT2D eigenvalue weighted by Gasteiger charge is -2.29. The quantitative estimate of drug-likeness (QED) is 0.753. The molecule has 0 spiro atoms. The SMILES string of the molecule is NCc1cc2c(cc1F)C(=O)N(C1CCC(=O)NC1=O)C2. The maximum absolute atomic E-state index is 13.7. The molecule has 7 heteroatoms. The highest BCUT2D eigenvalue weighted by atomic mass is 19.1. The number of benzene rings is 1. The molecule has 1 atom stereocenters. The van der Waals surface area contributed by atoms with Crippen LogP contribution in [-0.2, 0) is 22.7 Å². The van der Waals surface area contributed by atoms with Crippen molar-refractivity contribution >= 4 is 17.7 Å². The number of nitrogens with two attached hydrogens (primary N) is 1. The second-order valence-electron chi connectivity index (χ2n) is 5.20. The van der Waals surface area contributed by atoms with Gasteiger partial charge in [0.1, 0.15) is 11.9 Å². The molecule has 1 aromatic rings. The first-order chi connectivity index (χ1) is 10.0. The maximum atomic E-state index is 13.7. The average molecular weight is 291 g/mol. The summed E-state index contributed by atoms with van der Waals surface area (Å²) in [5.41, 5.74) is 6.71. The van der Waals surface area contributed by atoms with Crippen LogP contribution in [0.4, 0.5) is 4.39 Å². The standard InChI is InChI=1S/C14H14FN3O3/c15-10-4-9-8(3-7(10)5-16)6-18(14(9)21)11-1-2-12(19)17-13(11)20/h3-4,11H,1-2,5-6,16H2,(H,17,19,20). The first-order valence-electron chi connectivity index (χ1n) is 6.67. The number of fused-ring (bicyclic) bond motifs is 1. The summed E-state index contributed by atoms with van der Waals surface area (Å²) in [5.74, 6) is -1.72. The van der Waals surface area contributed by atoms with Gasteiger partial charge in [-0.1, -0.05) is 0 Å². The van der Waals surface area contributed by atoms with E-state index in [2.05, 4.69) is 5.32 Å². The lowest BCUT2D eigenvalue weighted by molar-refractivity contribution is -0.136. The van der Waals surface area contributed by atoms with Crippen LogP contribution < -0.4 is 11.1 Å². The second-order valence-corrected chi connectivity index (χ2v) is 5.20. The molecule has 3 N–H and O–H groups in total. The van der Waals surface area contributed by atoms with Gasteiger partial charge in [0.2, 0.25) is 11.8 Å². The highest BCUT2D eigenvalue weighted by Gasteiger charge is 2.39. The van der Waals surface area contributed by atoms with Gasteiger partial charge in [-0.3, -0.25) is 19.7 Å². The molecule has 6 nitrogen and oxygen atoms in total. The Balaban J connectivity index is 1.90. The van der Waals surface area contributed by atoms with Crippen molar-refractivity contribution in [1.82, 2.24) is 10.2 Å². The first kappa shape index (κ1) is 13.7. The van der Waals surface area contributed by atoms with Crippen molar-refractivity contribution in [3.05, 3.63) is 34.6 Å². The Kier molecular flexibility index (Phi) is 3.21. The van der Waals surface area contributed by atoms with Crippen molar-refractivity contribution in [1.29, 1.82) is 0 Å². The summed E-state index contributed by atoms with van der Waals surface area (Å²) >= 11 is 0. The first-order valence-corrected chi connectivity index (χ1v) is 6.67. The van der Waals surface area contributed by atoms with Gasteiger partial charge in [-0.2, -0.15) is 0 Å². The van der Waals surface area contributed by atoms with E-state index in [1.165, 1.54) is 11.0 Å². The maximum Gasteiger partial charge on any atom is 0.255 e. The lowest BCUT2D eigenvalue weighted by atomic mass is 10.0. The molecule has 1 fully saturated rings. The zero-order valence-electron chi connectivity index (χ0n) is 11.2. The highest BCUT2D eigenvalue weighted by molar-refractivity contribution is 6.05. The number of carbonyl (C=O) groups excluding carboxylic acids is 3. The van der Waals surface area contributed by atoms with E-state index in [9.17, 15) is 18.8 Å². The predicted octanol–water partition coefficient (Wildman–Crippen LogP) is 0.0454. The summed E-state index contributed by atoms with van der Waals surface area (Å²) in [7, 11) is 0. The highest BCUT2D eigenvalue weighted by Crippen LogP contribution is 2.29. The van der Waals surface area contributed by atoms with Crippen LogP contribution in [0.3, 0.4) is 0 Å². The zero-order chi connectivity index (χ0) is 15.1. The number of nitrogens with zero attached hydrogens (tertiary/aromatic N) is 1. The molecule has 3 rings (SSSR count). The molecule has 110 valence electrons. The van der Waals surface area contributed by atoms with E-state index in [0.29, 0.717) is 11.1 Å². The molecule has 1 saturated heterocycles. The molecule has 2 heterocycles. The molecule has 0 aromatic heterocycles. The topological polar surface area (TPSA) is 92.5 Å². The number of hydrogen-bond acceptors (Lipinski definition) is 4. The lowest BCUT2D eigenvalue weighted by Crippen LogP contribution is -2.52. The molecule has 1 unspecified atom stereocenters. The van der Waals surface area contributed by atoms with Crippen LogP contribution in [0.5, 0.6) is 0 Å². The Hall–Kier alpha value is -2.28. The van der Waals surface area contributed by atoms with Crippen molar-refractivity contribution in [2.24, 2.45) is 5.73 Å². The van der Waals surface area contributed by atoms with E-state index in [1.807, 2.05) is 0 Å². The monoisotopic (exact) mass is 291 g/mol. The van der Waals surface area contributed by atoms with Crippen LogP contribution >= 0.6 is 0 Å². The van der Waals surface area contributed by atoms with Crippen molar-refractivity contribution in [2.45, 2.75) is 32.0 Å². The Bertz CT molecular complexity index is 659.